The first-order valence-corrected chi connectivity index (χ1v) is 9.69. The SMILES string of the molecule is O=C(c1ccoc1)N1CCC2(CC1)CCN(C(=O)c1cccs1)CC2. The Morgan fingerprint density at radius 1 is 0.960 bits per heavy atom. The van der Waals surface area contributed by atoms with E-state index in [1.807, 2.05) is 27.3 Å². The van der Waals surface area contributed by atoms with Crippen molar-refractivity contribution in [2.24, 2.45) is 5.41 Å². The zero-order valence-electron chi connectivity index (χ0n) is 14.1. The molecule has 5 nitrogen and oxygen atoms in total. The molecule has 4 rings (SSSR count). The number of furan rings is 1. The lowest BCUT2D eigenvalue weighted by atomic mass is 9.71. The summed E-state index contributed by atoms with van der Waals surface area (Å²) in [6.45, 7) is 3.24. The Labute approximate surface area is 151 Å². The molecule has 2 aromatic rings. The third kappa shape index (κ3) is 3.23. The highest BCUT2D eigenvalue weighted by Crippen LogP contribution is 2.41. The van der Waals surface area contributed by atoms with E-state index in [1.165, 1.54) is 17.6 Å². The molecule has 2 aliphatic heterocycles. The summed E-state index contributed by atoms with van der Waals surface area (Å²) in [6, 6.07) is 5.55. The van der Waals surface area contributed by atoms with Crippen molar-refractivity contribution in [1.29, 1.82) is 0 Å². The summed E-state index contributed by atoms with van der Waals surface area (Å²) in [6.07, 6.45) is 7.19. The van der Waals surface area contributed by atoms with Crippen LogP contribution in [0.15, 0.2) is 40.5 Å². The Bertz CT molecular complexity index is 655. The molecule has 0 unspecified atom stereocenters. The zero-order valence-corrected chi connectivity index (χ0v) is 15.0. The van der Waals surface area contributed by atoms with Crippen LogP contribution in [0.4, 0.5) is 0 Å². The van der Waals surface area contributed by atoms with E-state index in [1.54, 1.807) is 12.3 Å². The van der Waals surface area contributed by atoms with Gasteiger partial charge in [-0.3, -0.25) is 9.59 Å². The Morgan fingerprint density at radius 3 is 2.12 bits per heavy atom. The lowest BCUT2D eigenvalue weighted by Crippen LogP contribution is -2.49. The largest absolute Gasteiger partial charge is 0.472 e. The number of likely N-dealkylation sites (tertiary alicyclic amines) is 2. The predicted molar refractivity (Wildman–Crippen MR) is 95.7 cm³/mol. The number of carbonyl (C=O) groups is 2. The molecule has 132 valence electrons. The second-order valence-electron chi connectivity index (χ2n) is 7.07. The molecule has 0 bridgehead atoms. The lowest BCUT2D eigenvalue weighted by molar-refractivity contribution is 0.0282. The molecular weight excluding hydrogens is 336 g/mol. The van der Waals surface area contributed by atoms with Gasteiger partial charge in [-0.25, -0.2) is 0 Å². The van der Waals surface area contributed by atoms with E-state index in [4.69, 9.17) is 4.42 Å². The molecule has 1 spiro atoms. The van der Waals surface area contributed by atoms with Gasteiger partial charge < -0.3 is 14.2 Å². The molecule has 2 fully saturated rings. The number of rotatable bonds is 2. The van der Waals surface area contributed by atoms with Gasteiger partial charge in [0, 0.05) is 26.2 Å². The maximum Gasteiger partial charge on any atom is 0.263 e. The molecule has 0 saturated carbocycles. The highest BCUT2D eigenvalue weighted by Gasteiger charge is 2.39. The average molecular weight is 358 g/mol. The summed E-state index contributed by atoms with van der Waals surface area (Å²) >= 11 is 1.51. The van der Waals surface area contributed by atoms with Crippen LogP contribution in [0.5, 0.6) is 0 Å². The van der Waals surface area contributed by atoms with Crippen molar-refractivity contribution < 1.29 is 14.0 Å². The fourth-order valence-corrected chi connectivity index (χ4v) is 4.68. The van der Waals surface area contributed by atoms with Crippen molar-refractivity contribution in [2.75, 3.05) is 26.2 Å². The standard InChI is InChI=1S/C19H22N2O3S/c22-17(15-3-12-24-14-15)20-8-4-19(5-9-20)6-10-21(11-7-19)18(23)16-2-1-13-25-16/h1-3,12-14H,4-11H2. The molecule has 6 heteroatoms. The number of hydrogen-bond acceptors (Lipinski definition) is 4. The second kappa shape index (κ2) is 6.67. The van der Waals surface area contributed by atoms with Gasteiger partial charge >= 0.3 is 0 Å². The van der Waals surface area contributed by atoms with Crippen LogP contribution in [0.25, 0.3) is 0 Å². The van der Waals surface area contributed by atoms with Crippen molar-refractivity contribution >= 4 is 23.2 Å². The first kappa shape index (κ1) is 16.4. The molecular formula is C19H22N2O3S. The topological polar surface area (TPSA) is 53.8 Å². The smallest absolute Gasteiger partial charge is 0.263 e. The summed E-state index contributed by atoms with van der Waals surface area (Å²) < 4.78 is 5.02. The highest BCUT2D eigenvalue weighted by atomic mass is 32.1. The summed E-state index contributed by atoms with van der Waals surface area (Å²) in [7, 11) is 0. The quantitative estimate of drug-likeness (QED) is 0.826. The van der Waals surface area contributed by atoms with Crippen LogP contribution in [0, 0.1) is 5.41 Å². The van der Waals surface area contributed by atoms with Gasteiger partial charge in [-0.2, -0.15) is 0 Å². The van der Waals surface area contributed by atoms with Crippen molar-refractivity contribution in [3.63, 3.8) is 0 Å². The maximum atomic E-state index is 12.5. The number of amides is 2. The van der Waals surface area contributed by atoms with E-state index >= 15 is 0 Å². The number of thiophene rings is 1. The molecule has 2 aliphatic rings. The van der Waals surface area contributed by atoms with E-state index in [2.05, 4.69) is 0 Å². The van der Waals surface area contributed by atoms with Gasteiger partial charge in [-0.05, 0) is 48.6 Å². The molecule has 0 aromatic carbocycles. The third-order valence-electron chi connectivity index (χ3n) is 5.72. The van der Waals surface area contributed by atoms with Crippen molar-refractivity contribution in [3.05, 3.63) is 46.5 Å². The van der Waals surface area contributed by atoms with Crippen LogP contribution in [-0.2, 0) is 0 Å². The minimum absolute atomic E-state index is 0.0638. The number of piperidine rings is 2. The molecule has 2 saturated heterocycles. The first-order valence-electron chi connectivity index (χ1n) is 8.81. The van der Waals surface area contributed by atoms with Gasteiger partial charge in [-0.1, -0.05) is 6.07 Å². The highest BCUT2D eigenvalue weighted by molar-refractivity contribution is 7.12. The number of carbonyl (C=O) groups excluding carboxylic acids is 2. The Kier molecular flexibility index (Phi) is 4.37. The van der Waals surface area contributed by atoms with Gasteiger partial charge in [0.25, 0.3) is 11.8 Å². The van der Waals surface area contributed by atoms with Crippen molar-refractivity contribution in [3.8, 4) is 0 Å². The lowest BCUT2D eigenvalue weighted by Gasteiger charge is -2.46. The monoisotopic (exact) mass is 358 g/mol. The maximum absolute atomic E-state index is 12.5. The Balaban J connectivity index is 1.32. The molecule has 2 amide bonds. The number of nitrogens with zero attached hydrogens (tertiary/aromatic N) is 2. The van der Waals surface area contributed by atoms with E-state index in [-0.39, 0.29) is 11.8 Å². The fraction of sp³-hybridized carbons (Fsp3) is 0.474. The molecule has 2 aromatic heterocycles. The molecule has 0 atom stereocenters. The van der Waals surface area contributed by atoms with E-state index in [0.717, 1.165) is 56.7 Å². The minimum atomic E-state index is 0.0638. The molecule has 0 N–H and O–H groups in total. The Hall–Kier alpha value is -2.08. The van der Waals surface area contributed by atoms with Crippen LogP contribution in [0.1, 0.15) is 45.7 Å². The van der Waals surface area contributed by atoms with Crippen molar-refractivity contribution in [1.82, 2.24) is 9.80 Å². The molecule has 0 radical (unpaired) electrons. The fourth-order valence-electron chi connectivity index (χ4n) is 3.99. The van der Waals surface area contributed by atoms with Gasteiger partial charge in [-0.15, -0.1) is 11.3 Å². The van der Waals surface area contributed by atoms with Crippen LogP contribution in [0.2, 0.25) is 0 Å². The van der Waals surface area contributed by atoms with Crippen LogP contribution >= 0.6 is 11.3 Å². The number of hydrogen-bond donors (Lipinski definition) is 0. The summed E-state index contributed by atoms with van der Waals surface area (Å²) in [4.78, 5) is 29.6. The summed E-state index contributed by atoms with van der Waals surface area (Å²) in [5.74, 6) is 0.228. The van der Waals surface area contributed by atoms with Crippen LogP contribution < -0.4 is 0 Å². The van der Waals surface area contributed by atoms with Crippen LogP contribution in [-0.4, -0.2) is 47.8 Å². The van der Waals surface area contributed by atoms with Gasteiger partial charge in [0.1, 0.15) is 6.26 Å². The van der Waals surface area contributed by atoms with E-state index < -0.39 is 0 Å². The third-order valence-corrected chi connectivity index (χ3v) is 6.58. The minimum Gasteiger partial charge on any atom is -0.472 e. The van der Waals surface area contributed by atoms with Crippen molar-refractivity contribution in [2.45, 2.75) is 25.7 Å². The normalized spacial score (nSPS) is 20.0. The Morgan fingerprint density at radius 2 is 1.60 bits per heavy atom. The van der Waals surface area contributed by atoms with Crippen LogP contribution in [0.3, 0.4) is 0 Å². The average Bonchev–Trinajstić information content (AvgIpc) is 3.36. The van der Waals surface area contributed by atoms with Gasteiger partial charge in [0.15, 0.2) is 0 Å². The molecule has 4 heterocycles. The van der Waals surface area contributed by atoms with E-state index in [9.17, 15) is 9.59 Å². The van der Waals surface area contributed by atoms with Gasteiger partial charge in [0.2, 0.25) is 0 Å². The predicted octanol–water partition coefficient (Wildman–Crippen LogP) is 3.50. The summed E-state index contributed by atoms with van der Waals surface area (Å²) in [5, 5.41) is 1.95. The second-order valence-corrected chi connectivity index (χ2v) is 8.02. The van der Waals surface area contributed by atoms with Gasteiger partial charge in [0.05, 0.1) is 16.7 Å². The first-order chi connectivity index (χ1) is 12.2. The summed E-state index contributed by atoms with van der Waals surface area (Å²) in [5.41, 5.74) is 0.923. The zero-order chi connectivity index (χ0) is 17.3. The molecule has 0 aliphatic carbocycles. The van der Waals surface area contributed by atoms with E-state index in [0.29, 0.717) is 11.0 Å². The molecule has 25 heavy (non-hydrogen) atoms.